The number of benzene rings is 2. The summed E-state index contributed by atoms with van der Waals surface area (Å²) < 4.78 is 0. The molecule has 0 heterocycles. The predicted molar refractivity (Wildman–Crippen MR) is 94.3 cm³/mol. The molecule has 3 heteroatoms. The Morgan fingerprint density at radius 1 is 0.957 bits per heavy atom. The van der Waals surface area contributed by atoms with Crippen LogP contribution in [0, 0.1) is 6.92 Å². The van der Waals surface area contributed by atoms with Gasteiger partial charge in [-0.15, -0.1) is 0 Å². The maximum absolute atomic E-state index is 12.4. The third kappa shape index (κ3) is 3.86. The largest absolute Gasteiger partial charge is 0.322 e. The van der Waals surface area contributed by atoms with Gasteiger partial charge in [0.2, 0.25) is 0 Å². The summed E-state index contributed by atoms with van der Waals surface area (Å²) in [5.74, 6) is -0.178. The van der Waals surface area contributed by atoms with E-state index in [9.17, 15) is 9.59 Å². The summed E-state index contributed by atoms with van der Waals surface area (Å²) in [4.78, 5) is 24.0. The number of carbonyl (C=O) groups is 2. The molecule has 0 atom stereocenters. The second-order valence-electron chi connectivity index (χ2n) is 6.82. The molecular weight excluding hydrogens is 286 g/mol. The van der Waals surface area contributed by atoms with Crippen molar-refractivity contribution in [2.75, 3.05) is 5.32 Å². The molecule has 23 heavy (non-hydrogen) atoms. The Balaban J connectivity index is 2.23. The van der Waals surface area contributed by atoms with Crippen molar-refractivity contribution in [1.82, 2.24) is 0 Å². The van der Waals surface area contributed by atoms with Crippen molar-refractivity contribution in [2.24, 2.45) is 0 Å². The van der Waals surface area contributed by atoms with Crippen LogP contribution in [-0.2, 0) is 5.41 Å². The van der Waals surface area contributed by atoms with Gasteiger partial charge >= 0.3 is 0 Å². The van der Waals surface area contributed by atoms with Crippen molar-refractivity contribution in [2.45, 2.75) is 40.0 Å². The van der Waals surface area contributed by atoms with E-state index in [-0.39, 0.29) is 17.1 Å². The summed E-state index contributed by atoms with van der Waals surface area (Å²) >= 11 is 0. The molecule has 2 aromatic rings. The smallest absolute Gasteiger partial charge is 0.255 e. The number of nitrogens with one attached hydrogen (secondary N) is 1. The van der Waals surface area contributed by atoms with Crippen LogP contribution in [0.25, 0.3) is 0 Å². The van der Waals surface area contributed by atoms with Crippen molar-refractivity contribution in [3.05, 3.63) is 64.7 Å². The molecule has 1 N–H and O–H groups in total. The average molecular weight is 309 g/mol. The third-order valence-electron chi connectivity index (χ3n) is 3.97. The number of amides is 1. The Hall–Kier alpha value is -2.42. The third-order valence-corrected chi connectivity index (χ3v) is 3.97. The van der Waals surface area contributed by atoms with E-state index in [1.807, 2.05) is 37.3 Å². The first-order valence-corrected chi connectivity index (χ1v) is 7.72. The van der Waals surface area contributed by atoms with Gasteiger partial charge < -0.3 is 5.32 Å². The molecule has 0 bridgehead atoms. The minimum absolute atomic E-state index is 0.00636. The predicted octanol–water partition coefficient (Wildman–Crippen LogP) is 4.75. The van der Waals surface area contributed by atoms with Crippen LogP contribution >= 0.6 is 0 Å². The molecule has 120 valence electrons. The fraction of sp³-hybridized carbons (Fsp3) is 0.300. The summed E-state index contributed by atoms with van der Waals surface area (Å²) in [6.45, 7) is 9.78. The van der Waals surface area contributed by atoms with Crippen molar-refractivity contribution in [3.63, 3.8) is 0 Å². The van der Waals surface area contributed by atoms with E-state index in [0.717, 1.165) is 5.56 Å². The van der Waals surface area contributed by atoms with Gasteiger partial charge in [-0.2, -0.15) is 0 Å². The normalized spacial score (nSPS) is 11.2. The summed E-state index contributed by atoms with van der Waals surface area (Å²) in [7, 11) is 0. The molecule has 2 rings (SSSR count). The highest BCUT2D eigenvalue weighted by atomic mass is 16.1. The van der Waals surface area contributed by atoms with Crippen molar-refractivity contribution >= 4 is 17.4 Å². The van der Waals surface area contributed by atoms with E-state index in [1.54, 1.807) is 12.1 Å². The van der Waals surface area contributed by atoms with Crippen LogP contribution in [0.5, 0.6) is 0 Å². The van der Waals surface area contributed by atoms with Crippen LogP contribution in [0.1, 0.15) is 59.5 Å². The second kappa shape index (κ2) is 6.37. The molecule has 2 aromatic carbocycles. The van der Waals surface area contributed by atoms with Gasteiger partial charge in [0.1, 0.15) is 0 Å². The molecule has 0 aliphatic heterocycles. The van der Waals surface area contributed by atoms with Gasteiger partial charge in [0, 0.05) is 16.8 Å². The van der Waals surface area contributed by atoms with E-state index < -0.39 is 0 Å². The van der Waals surface area contributed by atoms with E-state index in [0.29, 0.717) is 16.8 Å². The summed E-state index contributed by atoms with van der Waals surface area (Å²) in [6, 6.07) is 13.0. The number of ketones is 1. The molecule has 0 saturated carbocycles. The zero-order chi connectivity index (χ0) is 17.2. The number of anilines is 1. The van der Waals surface area contributed by atoms with Gasteiger partial charge in [0.05, 0.1) is 0 Å². The molecule has 0 aliphatic carbocycles. The first-order chi connectivity index (χ1) is 10.7. The Labute approximate surface area is 137 Å². The number of hydrogen-bond donors (Lipinski definition) is 1. The number of hydrogen-bond acceptors (Lipinski definition) is 2. The molecule has 0 radical (unpaired) electrons. The fourth-order valence-corrected chi connectivity index (χ4v) is 2.47. The van der Waals surface area contributed by atoms with Gasteiger partial charge in [-0.25, -0.2) is 0 Å². The summed E-state index contributed by atoms with van der Waals surface area (Å²) in [5, 5.41) is 2.89. The Morgan fingerprint density at radius 3 is 2.09 bits per heavy atom. The highest BCUT2D eigenvalue weighted by Crippen LogP contribution is 2.23. The van der Waals surface area contributed by atoms with E-state index in [4.69, 9.17) is 0 Å². The monoisotopic (exact) mass is 309 g/mol. The Bertz CT molecular complexity index is 737. The summed E-state index contributed by atoms with van der Waals surface area (Å²) in [5.41, 5.74) is 3.93. The molecule has 0 aliphatic rings. The number of rotatable bonds is 3. The lowest BCUT2D eigenvalue weighted by atomic mass is 9.86. The highest BCUT2D eigenvalue weighted by Gasteiger charge is 2.15. The maximum atomic E-state index is 12.4. The van der Waals surface area contributed by atoms with E-state index in [2.05, 4.69) is 26.1 Å². The average Bonchev–Trinajstić information content (AvgIpc) is 2.48. The van der Waals surface area contributed by atoms with Gasteiger partial charge in [0.25, 0.3) is 5.91 Å². The summed E-state index contributed by atoms with van der Waals surface area (Å²) in [6.07, 6.45) is 0. The molecule has 0 spiro atoms. The van der Waals surface area contributed by atoms with E-state index in [1.165, 1.54) is 12.5 Å². The standard InChI is InChI=1S/C20H23NO2/c1-13-17(14(2)22)7-6-8-18(13)21-19(23)15-9-11-16(12-10-15)20(3,4)5/h6-12H,1-5H3,(H,21,23). The minimum Gasteiger partial charge on any atom is -0.322 e. The number of Topliss-reactive ketones (excluding diaryl/α,β-unsaturated/α-hetero) is 1. The van der Waals surface area contributed by atoms with Crippen LogP contribution in [0.15, 0.2) is 42.5 Å². The molecule has 0 saturated heterocycles. The molecule has 1 amide bonds. The fourth-order valence-electron chi connectivity index (χ4n) is 2.47. The molecule has 0 aromatic heterocycles. The van der Waals surface area contributed by atoms with Crippen LogP contribution in [0.2, 0.25) is 0 Å². The van der Waals surface area contributed by atoms with E-state index >= 15 is 0 Å². The zero-order valence-electron chi connectivity index (χ0n) is 14.4. The topological polar surface area (TPSA) is 46.2 Å². The van der Waals surface area contributed by atoms with Crippen molar-refractivity contribution in [1.29, 1.82) is 0 Å². The zero-order valence-corrected chi connectivity index (χ0v) is 14.4. The first-order valence-electron chi connectivity index (χ1n) is 7.72. The van der Waals surface area contributed by atoms with Gasteiger partial charge in [0.15, 0.2) is 5.78 Å². The van der Waals surface area contributed by atoms with Crippen molar-refractivity contribution < 1.29 is 9.59 Å². The first kappa shape index (κ1) is 16.9. The Kier molecular flexibility index (Phi) is 4.69. The van der Waals surface area contributed by atoms with Crippen molar-refractivity contribution in [3.8, 4) is 0 Å². The maximum Gasteiger partial charge on any atom is 0.255 e. The van der Waals surface area contributed by atoms with Gasteiger partial charge in [-0.1, -0.05) is 45.0 Å². The minimum atomic E-state index is -0.172. The van der Waals surface area contributed by atoms with Crippen LogP contribution in [0.3, 0.4) is 0 Å². The van der Waals surface area contributed by atoms with Crippen LogP contribution in [0.4, 0.5) is 5.69 Å². The molecule has 3 nitrogen and oxygen atoms in total. The lowest BCUT2D eigenvalue weighted by molar-refractivity contribution is 0.101. The second-order valence-corrected chi connectivity index (χ2v) is 6.82. The quantitative estimate of drug-likeness (QED) is 0.832. The lowest BCUT2D eigenvalue weighted by Crippen LogP contribution is -2.15. The SMILES string of the molecule is CC(=O)c1cccc(NC(=O)c2ccc(C(C)(C)C)cc2)c1C. The molecule has 0 unspecified atom stereocenters. The van der Waals surface area contributed by atoms with Gasteiger partial charge in [-0.3, -0.25) is 9.59 Å². The highest BCUT2D eigenvalue weighted by molar-refractivity contribution is 6.06. The van der Waals surface area contributed by atoms with Gasteiger partial charge in [-0.05, 0) is 48.6 Å². The molecular formula is C20H23NO2. The Morgan fingerprint density at radius 2 is 1.57 bits per heavy atom. The number of carbonyl (C=O) groups excluding carboxylic acids is 2. The van der Waals surface area contributed by atoms with Crippen LogP contribution < -0.4 is 5.32 Å². The molecule has 0 fully saturated rings. The van der Waals surface area contributed by atoms with Crippen LogP contribution in [-0.4, -0.2) is 11.7 Å². The lowest BCUT2D eigenvalue weighted by Gasteiger charge is -2.19.